The summed E-state index contributed by atoms with van der Waals surface area (Å²) in [6.07, 6.45) is 3.74. The lowest BCUT2D eigenvalue weighted by molar-refractivity contribution is 0.615. The Hall–Kier alpha value is -1.28. The Morgan fingerprint density at radius 3 is 2.85 bits per heavy atom. The summed E-state index contributed by atoms with van der Waals surface area (Å²) in [5, 5.41) is 1.19. The van der Waals surface area contributed by atoms with E-state index in [4.69, 9.17) is 10.2 Å². The minimum atomic E-state index is 0.307. The van der Waals surface area contributed by atoms with Crippen LogP contribution in [0.1, 0.15) is 11.1 Å². The Balaban J connectivity index is 2.27. The lowest BCUT2D eigenvalue weighted by atomic mass is 10.1. The quantitative estimate of drug-likeness (QED) is 0.660. The fraction of sp³-hybridized carbons (Fsp3) is 0.273. The fourth-order valence-electron chi connectivity index (χ4n) is 2.12. The summed E-state index contributed by atoms with van der Waals surface area (Å²) in [4.78, 5) is 0. The molecule has 0 saturated carbocycles. The Bertz CT molecular complexity index is 418. The molecular formula is C11H11NO. The molecule has 1 aliphatic rings. The molecule has 13 heavy (non-hydrogen) atoms. The van der Waals surface area contributed by atoms with Gasteiger partial charge in [0, 0.05) is 11.4 Å². The summed E-state index contributed by atoms with van der Waals surface area (Å²) in [7, 11) is 0. The van der Waals surface area contributed by atoms with Crippen molar-refractivity contribution < 1.29 is 4.42 Å². The van der Waals surface area contributed by atoms with Gasteiger partial charge in [0.2, 0.25) is 0 Å². The Kier molecular flexibility index (Phi) is 1.30. The van der Waals surface area contributed by atoms with Crippen molar-refractivity contribution in [2.45, 2.75) is 18.9 Å². The van der Waals surface area contributed by atoms with Gasteiger partial charge in [-0.25, -0.2) is 0 Å². The SMILES string of the molecule is N[C@@H]1Cc2cc3ccoc3cc2C1. The molecule has 1 heterocycles. The van der Waals surface area contributed by atoms with E-state index in [1.54, 1.807) is 6.26 Å². The number of hydrogen-bond donors (Lipinski definition) is 1. The highest BCUT2D eigenvalue weighted by molar-refractivity contribution is 5.79. The van der Waals surface area contributed by atoms with Crippen LogP contribution >= 0.6 is 0 Å². The van der Waals surface area contributed by atoms with Crippen molar-refractivity contribution in [3.05, 3.63) is 35.6 Å². The first-order chi connectivity index (χ1) is 6.33. The summed E-state index contributed by atoms with van der Waals surface area (Å²) >= 11 is 0. The zero-order chi connectivity index (χ0) is 8.84. The molecule has 2 nitrogen and oxygen atoms in total. The molecule has 0 amide bonds. The second-order valence-corrected chi connectivity index (χ2v) is 3.75. The first kappa shape index (κ1) is 7.15. The molecule has 0 unspecified atom stereocenters. The second kappa shape index (κ2) is 2.36. The molecular weight excluding hydrogens is 162 g/mol. The van der Waals surface area contributed by atoms with Crippen LogP contribution in [0.25, 0.3) is 11.0 Å². The summed E-state index contributed by atoms with van der Waals surface area (Å²) in [5.74, 6) is 0. The van der Waals surface area contributed by atoms with E-state index < -0.39 is 0 Å². The first-order valence-electron chi connectivity index (χ1n) is 4.57. The normalized spacial score (nSPS) is 20.8. The second-order valence-electron chi connectivity index (χ2n) is 3.75. The van der Waals surface area contributed by atoms with E-state index >= 15 is 0 Å². The predicted molar refractivity (Wildman–Crippen MR) is 51.6 cm³/mol. The highest BCUT2D eigenvalue weighted by Gasteiger charge is 2.18. The molecule has 2 N–H and O–H groups in total. The van der Waals surface area contributed by atoms with Crippen LogP contribution in [0.2, 0.25) is 0 Å². The van der Waals surface area contributed by atoms with Gasteiger partial charge >= 0.3 is 0 Å². The summed E-state index contributed by atoms with van der Waals surface area (Å²) in [6, 6.07) is 6.62. The molecule has 66 valence electrons. The van der Waals surface area contributed by atoms with Gasteiger partial charge in [-0.15, -0.1) is 0 Å². The van der Waals surface area contributed by atoms with E-state index in [0.29, 0.717) is 6.04 Å². The van der Waals surface area contributed by atoms with Gasteiger partial charge in [0.05, 0.1) is 6.26 Å². The summed E-state index contributed by atoms with van der Waals surface area (Å²) in [5.41, 5.74) is 9.61. The fourth-order valence-corrected chi connectivity index (χ4v) is 2.12. The molecule has 1 aliphatic carbocycles. The van der Waals surface area contributed by atoms with Crippen molar-refractivity contribution >= 4 is 11.0 Å². The van der Waals surface area contributed by atoms with Crippen LogP contribution in [0.15, 0.2) is 28.9 Å². The third kappa shape index (κ3) is 0.988. The predicted octanol–water partition coefficient (Wildman–Crippen LogP) is 1.86. The molecule has 0 bridgehead atoms. The van der Waals surface area contributed by atoms with Crippen LogP contribution in [0, 0.1) is 0 Å². The van der Waals surface area contributed by atoms with Gasteiger partial charge in [-0.1, -0.05) is 0 Å². The van der Waals surface area contributed by atoms with Gasteiger partial charge in [-0.3, -0.25) is 0 Å². The molecule has 0 saturated heterocycles. The lowest BCUT2D eigenvalue weighted by Gasteiger charge is -1.96. The van der Waals surface area contributed by atoms with Gasteiger partial charge in [-0.2, -0.15) is 0 Å². The molecule has 2 aromatic rings. The maximum Gasteiger partial charge on any atom is 0.134 e. The van der Waals surface area contributed by atoms with Crippen molar-refractivity contribution in [3.8, 4) is 0 Å². The van der Waals surface area contributed by atoms with Crippen LogP contribution < -0.4 is 5.73 Å². The van der Waals surface area contributed by atoms with Crippen molar-refractivity contribution in [3.63, 3.8) is 0 Å². The average molecular weight is 173 g/mol. The zero-order valence-electron chi connectivity index (χ0n) is 7.29. The van der Waals surface area contributed by atoms with Crippen LogP contribution in [0.5, 0.6) is 0 Å². The van der Waals surface area contributed by atoms with Crippen LogP contribution in [0.4, 0.5) is 0 Å². The Labute approximate surface area is 76.3 Å². The zero-order valence-corrected chi connectivity index (χ0v) is 7.29. The van der Waals surface area contributed by atoms with E-state index in [1.807, 2.05) is 6.07 Å². The number of nitrogens with two attached hydrogens (primary N) is 1. The molecule has 3 rings (SSSR count). The maximum absolute atomic E-state index is 5.89. The highest BCUT2D eigenvalue weighted by Crippen LogP contribution is 2.27. The average Bonchev–Trinajstić information content (AvgIpc) is 2.63. The third-order valence-corrected chi connectivity index (χ3v) is 2.74. The van der Waals surface area contributed by atoms with Crippen molar-refractivity contribution in [1.82, 2.24) is 0 Å². The van der Waals surface area contributed by atoms with E-state index in [2.05, 4.69) is 12.1 Å². The highest BCUT2D eigenvalue weighted by atomic mass is 16.3. The number of furan rings is 1. The van der Waals surface area contributed by atoms with Gasteiger partial charge in [0.15, 0.2) is 0 Å². The maximum atomic E-state index is 5.89. The molecule has 0 fully saturated rings. The topological polar surface area (TPSA) is 39.2 Å². The Morgan fingerprint density at radius 2 is 2.00 bits per heavy atom. The van der Waals surface area contributed by atoms with Gasteiger partial charge in [-0.05, 0) is 42.2 Å². The molecule has 1 aromatic heterocycles. The molecule has 1 aromatic carbocycles. The molecule has 0 radical (unpaired) electrons. The molecule has 2 heteroatoms. The van der Waals surface area contributed by atoms with Crippen LogP contribution in [-0.4, -0.2) is 6.04 Å². The van der Waals surface area contributed by atoms with Crippen molar-refractivity contribution in [1.29, 1.82) is 0 Å². The van der Waals surface area contributed by atoms with Gasteiger partial charge < -0.3 is 10.2 Å². The number of fused-ring (bicyclic) bond motifs is 2. The van der Waals surface area contributed by atoms with E-state index in [0.717, 1.165) is 18.4 Å². The summed E-state index contributed by atoms with van der Waals surface area (Å²) < 4.78 is 5.34. The van der Waals surface area contributed by atoms with Crippen LogP contribution in [0.3, 0.4) is 0 Å². The lowest BCUT2D eigenvalue weighted by Crippen LogP contribution is -2.18. The minimum absolute atomic E-state index is 0.307. The van der Waals surface area contributed by atoms with Gasteiger partial charge in [0.25, 0.3) is 0 Å². The van der Waals surface area contributed by atoms with Crippen LogP contribution in [-0.2, 0) is 12.8 Å². The molecule has 0 spiro atoms. The van der Waals surface area contributed by atoms with Crippen molar-refractivity contribution in [2.24, 2.45) is 5.73 Å². The van der Waals surface area contributed by atoms with E-state index in [-0.39, 0.29) is 0 Å². The van der Waals surface area contributed by atoms with E-state index in [9.17, 15) is 0 Å². The third-order valence-electron chi connectivity index (χ3n) is 2.74. The van der Waals surface area contributed by atoms with Crippen molar-refractivity contribution in [2.75, 3.05) is 0 Å². The number of benzene rings is 1. The molecule has 1 atom stereocenters. The summed E-state index contributed by atoms with van der Waals surface area (Å²) in [6.45, 7) is 0. The standard InChI is InChI=1S/C11H11NO/c12-10-4-8-3-7-1-2-13-11(7)6-9(8)5-10/h1-3,6,10H,4-5,12H2/t10-/m1/s1. The first-order valence-corrected chi connectivity index (χ1v) is 4.57. The minimum Gasteiger partial charge on any atom is -0.464 e. The number of rotatable bonds is 0. The largest absolute Gasteiger partial charge is 0.464 e. The van der Waals surface area contributed by atoms with Gasteiger partial charge in [0.1, 0.15) is 5.58 Å². The van der Waals surface area contributed by atoms with E-state index in [1.165, 1.54) is 16.5 Å². The monoisotopic (exact) mass is 173 g/mol. The smallest absolute Gasteiger partial charge is 0.134 e. The Morgan fingerprint density at radius 1 is 1.23 bits per heavy atom. The molecule has 0 aliphatic heterocycles. The number of hydrogen-bond acceptors (Lipinski definition) is 2.